The summed E-state index contributed by atoms with van der Waals surface area (Å²) < 4.78 is 5.32. The first kappa shape index (κ1) is 6.43. The fourth-order valence-corrected chi connectivity index (χ4v) is 0.848. The van der Waals surface area contributed by atoms with Crippen LogP contribution >= 0.6 is 12.6 Å². The first-order valence-corrected chi connectivity index (χ1v) is 3.71. The van der Waals surface area contributed by atoms with E-state index in [1.54, 1.807) is 0 Å². The molecule has 0 heterocycles. The van der Waals surface area contributed by atoms with Crippen LogP contribution < -0.4 is 0 Å². The van der Waals surface area contributed by atoms with E-state index in [0.717, 1.165) is 12.4 Å². The highest BCUT2D eigenvalue weighted by atomic mass is 32.1. The van der Waals surface area contributed by atoms with Crippen molar-refractivity contribution < 1.29 is 4.74 Å². The summed E-state index contributed by atoms with van der Waals surface area (Å²) in [6.07, 6.45) is 4.44. The van der Waals surface area contributed by atoms with Crippen molar-refractivity contribution in [1.82, 2.24) is 0 Å². The number of rotatable bonds is 3. The third-order valence-corrected chi connectivity index (χ3v) is 1.66. The number of hydrogen-bond donors (Lipinski definition) is 0. The maximum Gasteiger partial charge on any atom is 0.0575 e. The van der Waals surface area contributed by atoms with Gasteiger partial charge in [0.15, 0.2) is 0 Å². The summed E-state index contributed by atoms with van der Waals surface area (Å²) in [7, 11) is 0. The monoisotopic (exact) mass is 131 g/mol. The highest BCUT2D eigenvalue weighted by molar-refractivity contribution is 7.80. The lowest BCUT2D eigenvalue weighted by Gasteiger charge is -2.24. The lowest BCUT2D eigenvalue weighted by molar-refractivity contribution is 0.0116. The third-order valence-electron chi connectivity index (χ3n) is 1.49. The molecule has 0 amide bonds. The van der Waals surface area contributed by atoms with Crippen LogP contribution in [-0.4, -0.2) is 18.5 Å². The van der Waals surface area contributed by atoms with Gasteiger partial charge in [-0.2, -0.15) is 0 Å². The molecule has 1 saturated carbocycles. The van der Waals surface area contributed by atoms with Crippen molar-refractivity contribution in [2.75, 3.05) is 12.4 Å². The van der Waals surface area contributed by atoms with Gasteiger partial charge < -0.3 is 4.74 Å². The molecule has 0 aromatic carbocycles. The van der Waals surface area contributed by atoms with Gasteiger partial charge in [0.2, 0.25) is 0 Å². The van der Waals surface area contributed by atoms with E-state index >= 15 is 0 Å². The molecule has 8 heavy (non-hydrogen) atoms. The van der Waals surface area contributed by atoms with Crippen LogP contribution in [0, 0.1) is 0 Å². The molecule has 1 aliphatic carbocycles. The highest BCUT2D eigenvalue weighted by Crippen LogP contribution is 2.21. The highest BCUT2D eigenvalue weighted by Gasteiger charge is 2.16. The largest absolute Gasteiger partial charge is 0.377 e. The molecule has 0 unspecified atom stereocenters. The Kier molecular flexibility index (Phi) is 2.70. The molecule has 1 fully saturated rings. The summed E-state index contributed by atoms with van der Waals surface area (Å²) in [5.41, 5.74) is 0. The van der Waals surface area contributed by atoms with Crippen molar-refractivity contribution in [3.05, 3.63) is 0 Å². The predicted octanol–water partition coefficient (Wildman–Crippen LogP) is 1.75. The van der Waals surface area contributed by atoms with Gasteiger partial charge in [-0.3, -0.25) is 0 Å². The molecule has 2 heteroatoms. The molecule has 0 aromatic heterocycles. The Balaban J connectivity index is 1.86. The first-order chi connectivity index (χ1) is 3.93. The molecule has 1 aliphatic rings. The molecule has 47 valence electrons. The van der Waals surface area contributed by atoms with Gasteiger partial charge in [-0.25, -0.2) is 0 Å². The van der Waals surface area contributed by atoms with Crippen LogP contribution in [-0.2, 0) is 4.74 Å². The fraction of sp³-hybridized carbons (Fsp3) is 1.00. The minimum atomic E-state index is 0.568. The minimum absolute atomic E-state index is 0.568. The van der Waals surface area contributed by atoms with E-state index in [4.69, 9.17) is 17.4 Å². The summed E-state index contributed by atoms with van der Waals surface area (Å²) in [6.45, 7) is 0.778. The number of hydrogen-bond acceptors (Lipinski definition) is 1. The molecule has 0 spiro atoms. The summed E-state index contributed by atoms with van der Waals surface area (Å²) in [6, 6.07) is 0. The minimum Gasteiger partial charge on any atom is -0.377 e. The second-order valence-electron chi connectivity index (χ2n) is 2.13. The molecule has 0 bridgehead atoms. The van der Waals surface area contributed by atoms with E-state index in [0.29, 0.717) is 6.10 Å². The molecule has 1 nitrogen and oxygen atoms in total. The summed E-state index contributed by atoms with van der Waals surface area (Å²) in [4.78, 5) is 0. The zero-order valence-electron chi connectivity index (χ0n) is 4.93. The molecule has 0 aliphatic heterocycles. The van der Waals surface area contributed by atoms with E-state index in [9.17, 15) is 0 Å². The van der Waals surface area contributed by atoms with Crippen molar-refractivity contribution in [3.8, 4) is 0 Å². The summed E-state index contributed by atoms with van der Waals surface area (Å²) in [5.74, 6) is 0.747. The molecule has 0 atom stereocenters. The summed E-state index contributed by atoms with van der Waals surface area (Å²) in [5, 5.41) is 0. The van der Waals surface area contributed by atoms with E-state index < -0.39 is 0 Å². The van der Waals surface area contributed by atoms with Gasteiger partial charge in [-0.05, 0) is 19.3 Å². The Hall–Kier alpha value is 0.310. The smallest absolute Gasteiger partial charge is 0.0575 e. The first-order valence-electron chi connectivity index (χ1n) is 3.13. The predicted molar refractivity (Wildman–Crippen MR) is 36.0 cm³/mol. The van der Waals surface area contributed by atoms with Crippen molar-refractivity contribution in [3.63, 3.8) is 0 Å². The molecule has 1 radical (unpaired) electrons. The van der Waals surface area contributed by atoms with Crippen LogP contribution in [0.2, 0.25) is 0 Å². The molecule has 1 rings (SSSR count). The zero-order chi connectivity index (χ0) is 5.82. The van der Waals surface area contributed by atoms with Crippen LogP contribution in [0.5, 0.6) is 0 Å². The molecule has 0 N–H and O–H groups in total. The van der Waals surface area contributed by atoms with Gasteiger partial charge in [0, 0.05) is 5.75 Å². The van der Waals surface area contributed by atoms with Gasteiger partial charge in [0.05, 0.1) is 12.7 Å². The van der Waals surface area contributed by atoms with Crippen molar-refractivity contribution in [2.45, 2.75) is 25.4 Å². The van der Waals surface area contributed by atoms with Gasteiger partial charge in [-0.1, -0.05) is 12.6 Å². The Labute approximate surface area is 55.8 Å². The normalized spacial score (nSPS) is 20.6. The number of ether oxygens (including phenoxy) is 1. The fourth-order valence-electron chi connectivity index (χ4n) is 0.752. The van der Waals surface area contributed by atoms with Gasteiger partial charge in [0.25, 0.3) is 0 Å². The maximum absolute atomic E-state index is 5.32. The van der Waals surface area contributed by atoms with E-state index in [1.807, 2.05) is 0 Å². The van der Waals surface area contributed by atoms with E-state index in [2.05, 4.69) is 0 Å². The zero-order valence-corrected chi connectivity index (χ0v) is 5.75. The second kappa shape index (κ2) is 3.36. The quantitative estimate of drug-likeness (QED) is 0.567. The van der Waals surface area contributed by atoms with Gasteiger partial charge in [0.1, 0.15) is 0 Å². The second-order valence-corrected chi connectivity index (χ2v) is 2.54. The van der Waals surface area contributed by atoms with Crippen LogP contribution in [0.4, 0.5) is 0 Å². The Morgan fingerprint density at radius 3 is 2.62 bits per heavy atom. The maximum atomic E-state index is 5.32. The Bertz CT molecular complexity index is 61.5. The average molecular weight is 131 g/mol. The van der Waals surface area contributed by atoms with Crippen LogP contribution in [0.1, 0.15) is 19.3 Å². The van der Waals surface area contributed by atoms with Crippen molar-refractivity contribution in [1.29, 1.82) is 0 Å². The summed E-state index contributed by atoms with van der Waals surface area (Å²) >= 11 is 4.72. The van der Waals surface area contributed by atoms with Crippen molar-refractivity contribution in [2.24, 2.45) is 0 Å². The van der Waals surface area contributed by atoms with E-state index in [1.165, 1.54) is 19.3 Å². The molecular formula is C6H11OS. The van der Waals surface area contributed by atoms with Crippen LogP contribution in [0.25, 0.3) is 0 Å². The van der Waals surface area contributed by atoms with E-state index in [-0.39, 0.29) is 0 Å². The molecular weight excluding hydrogens is 120 g/mol. The molecule has 0 saturated heterocycles. The third kappa shape index (κ3) is 1.67. The lowest BCUT2D eigenvalue weighted by atomic mass is 9.96. The SMILES string of the molecule is [S]CCOC1CCC1. The van der Waals surface area contributed by atoms with Crippen LogP contribution in [0.15, 0.2) is 0 Å². The Morgan fingerprint density at radius 1 is 1.50 bits per heavy atom. The topological polar surface area (TPSA) is 9.23 Å². The van der Waals surface area contributed by atoms with Gasteiger partial charge in [-0.15, -0.1) is 0 Å². The average Bonchev–Trinajstić information content (AvgIpc) is 1.63. The Morgan fingerprint density at radius 2 is 2.25 bits per heavy atom. The lowest BCUT2D eigenvalue weighted by Crippen LogP contribution is -2.22. The van der Waals surface area contributed by atoms with Gasteiger partial charge >= 0.3 is 0 Å². The standard InChI is InChI=1S/C6H11OS/c8-5-4-7-6-2-1-3-6/h6H,1-5H2. The molecule has 0 aromatic rings. The van der Waals surface area contributed by atoms with Crippen molar-refractivity contribution >= 4 is 12.6 Å². The van der Waals surface area contributed by atoms with Crippen LogP contribution in [0.3, 0.4) is 0 Å².